The van der Waals surface area contributed by atoms with Gasteiger partial charge in [0.1, 0.15) is 7.05 Å². The minimum atomic E-state index is 0.261. The minimum Gasteiger partial charge on any atom is -0.437 e. The van der Waals surface area contributed by atoms with Crippen LogP contribution >= 0.6 is 0 Å². The summed E-state index contributed by atoms with van der Waals surface area (Å²) in [4.78, 5) is 4.63. The summed E-state index contributed by atoms with van der Waals surface area (Å²) in [5, 5.41) is 4.68. The molecule has 2 aromatic carbocycles. The van der Waals surface area contributed by atoms with Crippen molar-refractivity contribution in [1.82, 2.24) is 4.98 Å². The average Bonchev–Trinajstić information content (AvgIpc) is 3.05. The Balaban J connectivity index is 1.81. The van der Waals surface area contributed by atoms with Crippen LogP contribution in [0.1, 0.15) is 37.6 Å². The first-order valence-electron chi connectivity index (χ1n) is 10.9. The van der Waals surface area contributed by atoms with Gasteiger partial charge in [0.2, 0.25) is 11.4 Å². The second-order valence-electron chi connectivity index (χ2n) is 9.98. The van der Waals surface area contributed by atoms with Gasteiger partial charge < -0.3 is 4.42 Å². The summed E-state index contributed by atoms with van der Waals surface area (Å²) in [7, 11) is 2.11. The van der Waals surface area contributed by atoms with Gasteiger partial charge in [0.15, 0.2) is 11.8 Å². The van der Waals surface area contributed by atoms with Crippen molar-refractivity contribution in [2.75, 3.05) is 0 Å². The lowest BCUT2D eigenvalue weighted by molar-refractivity contribution is -0.659. The van der Waals surface area contributed by atoms with Crippen molar-refractivity contribution in [1.29, 1.82) is 0 Å². The van der Waals surface area contributed by atoms with Crippen LogP contribution in [0.25, 0.3) is 44.1 Å². The van der Waals surface area contributed by atoms with E-state index in [1.807, 2.05) is 13.0 Å². The molecule has 0 amide bonds. The van der Waals surface area contributed by atoms with Gasteiger partial charge in [-0.1, -0.05) is 45.0 Å². The number of rotatable bonds is 2. The first kappa shape index (κ1) is 19.7. The van der Waals surface area contributed by atoms with Crippen molar-refractivity contribution in [2.45, 2.75) is 41.0 Å². The quantitative estimate of drug-likeness (QED) is 0.299. The number of nitrogens with zero attached hydrogens (tertiary/aromatic N) is 2. The SMILES string of the molecule is Cc1ccc2c(n1)oc1c(-c3c4ccc(CC(C)(C)C)cc4cc[n+]3C)c(C)ccc12. The van der Waals surface area contributed by atoms with Gasteiger partial charge in [-0.05, 0) is 60.4 Å². The Morgan fingerprint density at radius 3 is 2.42 bits per heavy atom. The predicted octanol–water partition coefficient (Wildman–Crippen LogP) is 6.83. The van der Waals surface area contributed by atoms with E-state index in [1.165, 1.54) is 27.6 Å². The van der Waals surface area contributed by atoms with E-state index >= 15 is 0 Å². The van der Waals surface area contributed by atoms with E-state index in [2.05, 4.69) is 93.0 Å². The van der Waals surface area contributed by atoms with Crippen molar-refractivity contribution in [3.05, 3.63) is 71.5 Å². The van der Waals surface area contributed by atoms with Crippen LogP contribution in [0, 0.1) is 19.3 Å². The van der Waals surface area contributed by atoms with Crippen molar-refractivity contribution >= 4 is 32.8 Å². The molecule has 0 fully saturated rings. The molecular weight excluding hydrogens is 380 g/mol. The fourth-order valence-electron chi connectivity index (χ4n) is 4.66. The van der Waals surface area contributed by atoms with E-state index in [-0.39, 0.29) is 5.41 Å². The smallest absolute Gasteiger partial charge is 0.227 e. The molecule has 0 bridgehead atoms. The van der Waals surface area contributed by atoms with Gasteiger partial charge in [-0.3, -0.25) is 0 Å². The van der Waals surface area contributed by atoms with Crippen molar-refractivity contribution in [2.24, 2.45) is 12.5 Å². The summed E-state index contributed by atoms with van der Waals surface area (Å²) in [5.41, 5.74) is 7.74. The normalized spacial score (nSPS) is 12.3. The maximum Gasteiger partial charge on any atom is 0.227 e. The van der Waals surface area contributed by atoms with Gasteiger partial charge in [0.25, 0.3) is 0 Å². The number of aryl methyl sites for hydroxylation is 3. The maximum absolute atomic E-state index is 6.37. The molecule has 0 aliphatic rings. The van der Waals surface area contributed by atoms with Crippen LogP contribution in [0.5, 0.6) is 0 Å². The van der Waals surface area contributed by atoms with Crippen molar-refractivity contribution in [3.63, 3.8) is 0 Å². The molecule has 3 nitrogen and oxygen atoms in total. The molecule has 0 unspecified atom stereocenters. The second kappa shape index (κ2) is 6.91. The van der Waals surface area contributed by atoms with Crippen LogP contribution in [0.3, 0.4) is 0 Å². The lowest BCUT2D eigenvalue weighted by Crippen LogP contribution is -2.30. The maximum atomic E-state index is 6.37. The van der Waals surface area contributed by atoms with Crippen molar-refractivity contribution in [3.8, 4) is 11.3 Å². The molecule has 3 heterocycles. The van der Waals surface area contributed by atoms with Gasteiger partial charge in [-0.2, -0.15) is 0 Å². The first-order chi connectivity index (χ1) is 14.7. The Labute approximate surface area is 183 Å². The van der Waals surface area contributed by atoms with Crippen LogP contribution in [-0.2, 0) is 13.5 Å². The molecule has 156 valence electrons. The summed E-state index contributed by atoms with van der Waals surface area (Å²) in [5.74, 6) is 0. The molecule has 31 heavy (non-hydrogen) atoms. The average molecular weight is 410 g/mol. The van der Waals surface area contributed by atoms with Crippen LogP contribution in [0.15, 0.2) is 59.1 Å². The Morgan fingerprint density at radius 2 is 1.65 bits per heavy atom. The molecule has 0 aliphatic carbocycles. The van der Waals surface area contributed by atoms with Crippen LogP contribution in [-0.4, -0.2) is 4.98 Å². The highest BCUT2D eigenvalue weighted by Crippen LogP contribution is 2.38. The molecule has 0 aliphatic heterocycles. The highest BCUT2D eigenvalue weighted by atomic mass is 16.3. The highest BCUT2D eigenvalue weighted by molar-refractivity contribution is 6.11. The monoisotopic (exact) mass is 409 g/mol. The Bertz CT molecular complexity index is 1470. The predicted molar refractivity (Wildman–Crippen MR) is 128 cm³/mol. The zero-order valence-electron chi connectivity index (χ0n) is 19.2. The molecule has 5 rings (SSSR count). The standard InChI is InChI=1S/C28H29N2O/c1-17-7-10-22-23-11-8-18(2)29-27(23)31-26(22)24(17)25-21-12-9-19(16-28(3,4)5)15-20(21)13-14-30(25)6/h7-15H,16H2,1-6H3/q+1. The summed E-state index contributed by atoms with van der Waals surface area (Å²) >= 11 is 0. The molecular formula is C28H29N2O+. The summed E-state index contributed by atoms with van der Waals surface area (Å²) < 4.78 is 8.58. The lowest BCUT2D eigenvalue weighted by atomic mass is 9.87. The van der Waals surface area contributed by atoms with Crippen LogP contribution < -0.4 is 4.57 Å². The number of furan rings is 1. The fraction of sp³-hybridized carbons (Fsp3) is 0.286. The number of aromatic nitrogens is 2. The van der Waals surface area contributed by atoms with Crippen LogP contribution in [0.4, 0.5) is 0 Å². The number of hydrogen-bond acceptors (Lipinski definition) is 2. The molecule has 3 heteroatoms. The van der Waals surface area contributed by atoms with Gasteiger partial charge in [-0.25, -0.2) is 9.55 Å². The lowest BCUT2D eigenvalue weighted by Gasteiger charge is -2.18. The molecule has 0 saturated carbocycles. The molecule has 0 spiro atoms. The van der Waals surface area contributed by atoms with Crippen molar-refractivity contribution < 1.29 is 8.98 Å². The largest absolute Gasteiger partial charge is 0.437 e. The first-order valence-corrected chi connectivity index (χ1v) is 10.9. The van der Waals surface area contributed by atoms with Gasteiger partial charge in [0.05, 0.1) is 10.9 Å². The number of benzene rings is 2. The Morgan fingerprint density at radius 1 is 0.903 bits per heavy atom. The summed E-state index contributed by atoms with van der Waals surface area (Å²) in [6.45, 7) is 11.0. The van der Waals surface area contributed by atoms with E-state index in [0.717, 1.165) is 34.0 Å². The molecule has 0 radical (unpaired) electrons. The Kier molecular flexibility index (Phi) is 4.40. The number of hydrogen-bond donors (Lipinski definition) is 0. The van der Waals surface area contributed by atoms with E-state index in [9.17, 15) is 0 Å². The third-order valence-electron chi connectivity index (χ3n) is 6.03. The zero-order valence-corrected chi connectivity index (χ0v) is 19.2. The van der Waals surface area contributed by atoms with E-state index < -0.39 is 0 Å². The van der Waals surface area contributed by atoms with E-state index in [1.54, 1.807) is 0 Å². The zero-order chi connectivity index (χ0) is 21.9. The van der Waals surface area contributed by atoms with Crippen LogP contribution in [0.2, 0.25) is 0 Å². The third kappa shape index (κ3) is 3.38. The highest BCUT2D eigenvalue weighted by Gasteiger charge is 2.24. The number of pyridine rings is 2. The van der Waals surface area contributed by atoms with E-state index in [0.29, 0.717) is 5.71 Å². The molecule has 3 aromatic heterocycles. The fourth-order valence-corrected chi connectivity index (χ4v) is 4.66. The van der Waals surface area contributed by atoms with E-state index in [4.69, 9.17) is 4.42 Å². The molecule has 0 saturated heterocycles. The molecule has 0 N–H and O–H groups in total. The molecule has 5 aromatic rings. The summed E-state index contributed by atoms with van der Waals surface area (Å²) in [6, 6.07) is 17.6. The second-order valence-corrected chi connectivity index (χ2v) is 9.98. The third-order valence-corrected chi connectivity index (χ3v) is 6.03. The van der Waals surface area contributed by atoms with Gasteiger partial charge in [0, 0.05) is 22.5 Å². The summed E-state index contributed by atoms with van der Waals surface area (Å²) in [6.07, 6.45) is 3.21. The molecule has 0 atom stereocenters. The minimum absolute atomic E-state index is 0.261. The Hall–Kier alpha value is -3.20. The number of fused-ring (bicyclic) bond motifs is 4. The van der Waals surface area contributed by atoms with Gasteiger partial charge in [-0.15, -0.1) is 0 Å². The topological polar surface area (TPSA) is 29.9 Å². The van der Waals surface area contributed by atoms with Gasteiger partial charge >= 0.3 is 0 Å².